The number of aromatic nitrogens is 2. The number of aryl methyl sites for hydroxylation is 1. The van der Waals surface area contributed by atoms with Crippen molar-refractivity contribution < 1.29 is 14.6 Å². The number of nitrogens with zero attached hydrogens (tertiary/aromatic N) is 2. The average molecular weight is 283 g/mol. The van der Waals surface area contributed by atoms with Crippen molar-refractivity contribution in [1.29, 1.82) is 0 Å². The van der Waals surface area contributed by atoms with Crippen molar-refractivity contribution in [3.63, 3.8) is 0 Å². The van der Waals surface area contributed by atoms with Gasteiger partial charge in [-0.15, -0.1) is 0 Å². The van der Waals surface area contributed by atoms with Crippen LogP contribution in [0.3, 0.4) is 0 Å². The Bertz CT molecular complexity index is 553. The van der Waals surface area contributed by atoms with Gasteiger partial charge in [0, 0.05) is 13.2 Å². The minimum atomic E-state index is -0.547. The molecule has 0 saturated heterocycles. The number of aliphatic hydroxyl groups is 1. The molecule has 0 unspecified atom stereocenters. The molecule has 2 heterocycles. The molecule has 7 nitrogen and oxygen atoms in total. The van der Waals surface area contributed by atoms with Gasteiger partial charge < -0.3 is 9.84 Å². The summed E-state index contributed by atoms with van der Waals surface area (Å²) < 4.78 is 6.77. The zero-order valence-electron chi connectivity index (χ0n) is 12.1. The van der Waals surface area contributed by atoms with E-state index in [-0.39, 0.29) is 18.7 Å². The van der Waals surface area contributed by atoms with E-state index in [4.69, 9.17) is 9.84 Å². The third kappa shape index (κ3) is 3.04. The molecular formula is C13H21N3O4. The van der Waals surface area contributed by atoms with Crippen LogP contribution in [0.5, 0.6) is 0 Å². The van der Waals surface area contributed by atoms with Crippen LogP contribution in [-0.2, 0) is 24.4 Å². The summed E-state index contributed by atoms with van der Waals surface area (Å²) in [7, 11) is 0. The molecule has 0 atom stereocenters. The molecule has 1 aromatic heterocycles. The number of carbonyl (C=O) groups excluding carboxylic acids is 1. The third-order valence-corrected chi connectivity index (χ3v) is 3.03. The van der Waals surface area contributed by atoms with Gasteiger partial charge in [-0.25, -0.2) is 4.79 Å². The van der Waals surface area contributed by atoms with E-state index in [1.165, 1.54) is 9.58 Å². The summed E-state index contributed by atoms with van der Waals surface area (Å²) in [6.07, 6.45) is 0.109. The van der Waals surface area contributed by atoms with Gasteiger partial charge in [-0.2, -0.15) is 0 Å². The Morgan fingerprint density at radius 2 is 2.10 bits per heavy atom. The first-order chi connectivity index (χ1) is 9.31. The fourth-order valence-corrected chi connectivity index (χ4v) is 2.15. The minimum Gasteiger partial charge on any atom is -0.444 e. The van der Waals surface area contributed by atoms with Gasteiger partial charge in [-0.05, 0) is 27.2 Å². The molecule has 0 spiro atoms. The van der Waals surface area contributed by atoms with E-state index in [0.29, 0.717) is 25.1 Å². The van der Waals surface area contributed by atoms with Crippen LogP contribution in [0.2, 0.25) is 0 Å². The van der Waals surface area contributed by atoms with E-state index >= 15 is 0 Å². The number of fused-ring (bicyclic) bond motifs is 1. The number of hydrogen-bond donors (Lipinski definition) is 2. The lowest BCUT2D eigenvalue weighted by atomic mass is 10.2. The predicted molar refractivity (Wildman–Crippen MR) is 72.2 cm³/mol. The second-order valence-electron chi connectivity index (χ2n) is 5.94. The van der Waals surface area contributed by atoms with Gasteiger partial charge in [0.25, 0.3) is 5.56 Å². The number of aromatic amines is 1. The Morgan fingerprint density at radius 3 is 2.65 bits per heavy atom. The topological polar surface area (TPSA) is 87.6 Å². The first kappa shape index (κ1) is 14.6. The summed E-state index contributed by atoms with van der Waals surface area (Å²) >= 11 is 0. The molecule has 1 aliphatic heterocycles. The van der Waals surface area contributed by atoms with Crippen LogP contribution in [0, 0.1) is 0 Å². The molecule has 2 N–H and O–H groups in total. The quantitative estimate of drug-likeness (QED) is 0.859. The fraction of sp³-hybridized carbons (Fsp3) is 0.692. The maximum Gasteiger partial charge on any atom is 0.410 e. The second-order valence-corrected chi connectivity index (χ2v) is 5.94. The van der Waals surface area contributed by atoms with Crippen LogP contribution < -0.4 is 5.56 Å². The Kier molecular flexibility index (Phi) is 3.89. The number of ether oxygens (including phenoxy) is 1. The summed E-state index contributed by atoms with van der Waals surface area (Å²) in [5.74, 6) is 0. The first-order valence-electron chi connectivity index (χ1n) is 6.71. The Hall–Kier alpha value is -1.76. The van der Waals surface area contributed by atoms with Crippen molar-refractivity contribution in [2.45, 2.75) is 52.4 Å². The highest BCUT2D eigenvalue weighted by Gasteiger charge is 2.31. The Morgan fingerprint density at radius 1 is 1.40 bits per heavy atom. The maximum absolute atomic E-state index is 12.1. The molecule has 1 amide bonds. The zero-order valence-corrected chi connectivity index (χ0v) is 12.1. The number of hydrogen-bond acceptors (Lipinski definition) is 4. The largest absolute Gasteiger partial charge is 0.444 e. The molecule has 0 aliphatic carbocycles. The SMILES string of the molecule is CC(C)(C)OC(=O)N1Cc2[nH]n(CCCO)c(=O)c2C1. The molecule has 1 aliphatic rings. The molecule has 7 heteroatoms. The average Bonchev–Trinajstić information content (AvgIpc) is 2.85. The van der Waals surface area contributed by atoms with Crippen molar-refractivity contribution >= 4 is 6.09 Å². The first-order valence-corrected chi connectivity index (χ1v) is 6.71. The Balaban J connectivity index is 2.06. The van der Waals surface area contributed by atoms with Crippen molar-refractivity contribution in [3.05, 3.63) is 21.6 Å². The molecule has 112 valence electrons. The van der Waals surface area contributed by atoms with Gasteiger partial charge in [-0.1, -0.05) is 0 Å². The van der Waals surface area contributed by atoms with Crippen molar-refractivity contribution in [2.24, 2.45) is 0 Å². The summed E-state index contributed by atoms with van der Waals surface area (Å²) in [4.78, 5) is 25.5. The van der Waals surface area contributed by atoms with E-state index in [9.17, 15) is 9.59 Å². The van der Waals surface area contributed by atoms with Crippen LogP contribution in [-0.4, -0.2) is 38.1 Å². The smallest absolute Gasteiger partial charge is 0.410 e. The van der Waals surface area contributed by atoms with Crippen molar-refractivity contribution in [3.8, 4) is 0 Å². The molecule has 0 aromatic carbocycles. The maximum atomic E-state index is 12.1. The highest BCUT2D eigenvalue weighted by Crippen LogP contribution is 2.21. The molecule has 0 radical (unpaired) electrons. The fourth-order valence-electron chi connectivity index (χ4n) is 2.15. The number of H-pyrrole nitrogens is 1. The molecule has 0 bridgehead atoms. The van der Waals surface area contributed by atoms with Crippen LogP contribution >= 0.6 is 0 Å². The van der Waals surface area contributed by atoms with E-state index in [1.54, 1.807) is 0 Å². The lowest BCUT2D eigenvalue weighted by molar-refractivity contribution is 0.0238. The highest BCUT2D eigenvalue weighted by molar-refractivity contribution is 5.69. The monoisotopic (exact) mass is 283 g/mol. The summed E-state index contributed by atoms with van der Waals surface area (Å²) in [6, 6.07) is 0. The number of nitrogens with one attached hydrogen (secondary N) is 1. The van der Waals surface area contributed by atoms with E-state index in [2.05, 4.69) is 5.10 Å². The van der Waals surface area contributed by atoms with Gasteiger partial charge in [0.15, 0.2) is 0 Å². The van der Waals surface area contributed by atoms with Crippen LogP contribution in [0.15, 0.2) is 4.79 Å². The minimum absolute atomic E-state index is 0.0418. The zero-order chi connectivity index (χ0) is 14.9. The van der Waals surface area contributed by atoms with Gasteiger partial charge in [0.2, 0.25) is 0 Å². The van der Waals surface area contributed by atoms with E-state index in [1.807, 2.05) is 20.8 Å². The van der Waals surface area contributed by atoms with Crippen LogP contribution in [0.1, 0.15) is 38.4 Å². The molecule has 0 fully saturated rings. The van der Waals surface area contributed by atoms with Crippen LogP contribution in [0.4, 0.5) is 4.79 Å². The second kappa shape index (κ2) is 5.32. The predicted octanol–water partition coefficient (Wildman–Crippen LogP) is 0.809. The normalized spacial score (nSPS) is 14.5. The summed E-state index contributed by atoms with van der Waals surface area (Å²) in [5, 5.41) is 11.8. The lowest BCUT2D eigenvalue weighted by Gasteiger charge is -2.24. The van der Waals surface area contributed by atoms with Gasteiger partial charge >= 0.3 is 6.09 Å². The standard InChI is InChI=1S/C13H21N3O4/c1-13(2,3)20-12(19)15-7-9-10(8-15)14-16(11(9)18)5-4-6-17/h14,17H,4-8H2,1-3H3. The number of rotatable bonds is 3. The van der Waals surface area contributed by atoms with Crippen LogP contribution in [0.25, 0.3) is 0 Å². The summed E-state index contributed by atoms with van der Waals surface area (Å²) in [6.45, 7) is 6.54. The van der Waals surface area contributed by atoms with E-state index < -0.39 is 11.7 Å². The number of amides is 1. The van der Waals surface area contributed by atoms with Gasteiger partial charge in [0.1, 0.15) is 5.60 Å². The van der Waals surface area contributed by atoms with Crippen molar-refractivity contribution in [1.82, 2.24) is 14.7 Å². The lowest BCUT2D eigenvalue weighted by Crippen LogP contribution is -2.34. The van der Waals surface area contributed by atoms with Gasteiger partial charge in [0.05, 0.1) is 24.3 Å². The van der Waals surface area contributed by atoms with E-state index in [0.717, 1.165) is 5.69 Å². The van der Waals surface area contributed by atoms with Crippen molar-refractivity contribution in [2.75, 3.05) is 6.61 Å². The molecule has 2 rings (SSSR count). The molecule has 0 saturated carbocycles. The molecule has 1 aromatic rings. The highest BCUT2D eigenvalue weighted by atomic mass is 16.6. The molecule has 20 heavy (non-hydrogen) atoms. The van der Waals surface area contributed by atoms with Gasteiger partial charge in [-0.3, -0.25) is 19.5 Å². The molecular weight excluding hydrogens is 262 g/mol. The third-order valence-electron chi connectivity index (χ3n) is 3.03. The summed E-state index contributed by atoms with van der Waals surface area (Å²) in [5.41, 5.74) is 0.682. The number of carbonyl (C=O) groups is 1. The Labute approximate surface area is 117 Å². The number of aliphatic hydroxyl groups excluding tert-OH is 1.